The van der Waals surface area contributed by atoms with Crippen LogP contribution in [-0.2, 0) is 10.8 Å². The van der Waals surface area contributed by atoms with Crippen molar-refractivity contribution in [1.29, 1.82) is 0 Å². The van der Waals surface area contributed by atoms with Crippen molar-refractivity contribution in [3.63, 3.8) is 0 Å². The van der Waals surface area contributed by atoms with Crippen molar-refractivity contribution < 1.29 is 4.21 Å². The molecule has 2 aliphatic heterocycles. The molecule has 1 nitrogen and oxygen atoms in total. The van der Waals surface area contributed by atoms with Crippen LogP contribution in [0.4, 0.5) is 0 Å². The van der Waals surface area contributed by atoms with Gasteiger partial charge in [0.1, 0.15) is 0 Å². The quantitative estimate of drug-likeness (QED) is 0.524. The lowest BCUT2D eigenvalue weighted by molar-refractivity contribution is 0.692. The molecule has 2 heterocycles. The Morgan fingerprint density at radius 2 is 2.22 bits per heavy atom. The molecule has 0 amide bonds. The van der Waals surface area contributed by atoms with Gasteiger partial charge in [-0.05, 0) is 18.2 Å². The zero-order chi connectivity index (χ0) is 6.43. The van der Waals surface area contributed by atoms with Crippen LogP contribution in [0.1, 0.15) is 0 Å². The third kappa shape index (κ3) is 0.575. The van der Waals surface area contributed by atoms with E-state index in [1.807, 2.05) is 6.08 Å². The van der Waals surface area contributed by atoms with Gasteiger partial charge in [-0.3, -0.25) is 0 Å². The van der Waals surface area contributed by atoms with E-state index in [1.165, 1.54) is 0 Å². The van der Waals surface area contributed by atoms with Crippen LogP contribution < -0.4 is 0 Å². The third-order valence-electron chi connectivity index (χ3n) is 1.32. The minimum Gasteiger partial charge on any atom is -0.249 e. The Kier molecular flexibility index (Phi) is 0.957. The summed E-state index contributed by atoms with van der Waals surface area (Å²) in [6.45, 7) is 0. The van der Waals surface area contributed by atoms with Gasteiger partial charge in [0.05, 0.1) is 20.7 Å². The van der Waals surface area contributed by atoms with Crippen molar-refractivity contribution in [1.82, 2.24) is 0 Å². The molecule has 1 unspecified atom stereocenters. The first kappa shape index (κ1) is 5.45. The monoisotopic (exact) mass is 158 g/mol. The lowest BCUT2D eigenvalue weighted by Crippen LogP contribution is -1.79. The smallest absolute Gasteiger partial charge is 0.0865 e. The summed E-state index contributed by atoms with van der Waals surface area (Å²) in [5, 5.41) is 0.630. The van der Waals surface area contributed by atoms with E-state index in [9.17, 15) is 4.21 Å². The van der Waals surface area contributed by atoms with E-state index in [4.69, 9.17) is 11.6 Å². The van der Waals surface area contributed by atoms with E-state index in [-0.39, 0.29) is 0 Å². The van der Waals surface area contributed by atoms with Gasteiger partial charge in [-0.1, -0.05) is 11.6 Å². The maximum absolute atomic E-state index is 11.0. The molecule has 2 rings (SSSR count). The molecule has 0 N–H and O–H groups in total. The second kappa shape index (κ2) is 1.58. The molecule has 0 saturated heterocycles. The Labute approximate surface area is 60.2 Å². The molecule has 9 heavy (non-hydrogen) atoms. The molecule has 0 radical (unpaired) electrons. The topological polar surface area (TPSA) is 17.1 Å². The van der Waals surface area contributed by atoms with Crippen LogP contribution in [0.5, 0.6) is 0 Å². The zero-order valence-corrected chi connectivity index (χ0v) is 6.00. The highest BCUT2D eigenvalue weighted by molar-refractivity contribution is 7.94. The molecule has 3 heteroatoms. The highest BCUT2D eigenvalue weighted by Gasteiger charge is 2.24. The van der Waals surface area contributed by atoms with Gasteiger partial charge in [-0.25, -0.2) is 4.21 Å². The molecule has 0 spiro atoms. The van der Waals surface area contributed by atoms with E-state index in [1.54, 1.807) is 12.2 Å². The van der Waals surface area contributed by atoms with Gasteiger partial charge in [0.25, 0.3) is 0 Å². The Bertz CT molecular complexity index is 285. The van der Waals surface area contributed by atoms with Gasteiger partial charge in [0.15, 0.2) is 0 Å². The van der Waals surface area contributed by atoms with Crippen molar-refractivity contribution in [2.45, 2.75) is 0 Å². The molecule has 0 fully saturated rings. The summed E-state index contributed by atoms with van der Waals surface area (Å²) in [4.78, 5) is 1.58. The maximum atomic E-state index is 11.0. The molecule has 2 bridgehead atoms. The molecule has 0 saturated carbocycles. The average molecular weight is 159 g/mol. The van der Waals surface area contributed by atoms with Crippen LogP contribution in [0.15, 0.2) is 33.1 Å². The summed E-state index contributed by atoms with van der Waals surface area (Å²) >= 11 is 5.66. The van der Waals surface area contributed by atoms with E-state index in [0.717, 1.165) is 9.81 Å². The lowest BCUT2D eigenvalue weighted by atomic mass is 10.3. The van der Waals surface area contributed by atoms with Crippen LogP contribution in [0, 0.1) is 0 Å². The van der Waals surface area contributed by atoms with Gasteiger partial charge >= 0.3 is 0 Å². The number of halogens is 1. The van der Waals surface area contributed by atoms with E-state index in [0.29, 0.717) is 5.03 Å². The third-order valence-corrected chi connectivity index (χ3v) is 3.18. The molecule has 2 aliphatic rings. The maximum Gasteiger partial charge on any atom is 0.0865 e. The Balaban J connectivity index is 2.73. The first-order valence-electron chi connectivity index (χ1n) is 2.50. The van der Waals surface area contributed by atoms with E-state index in [2.05, 4.69) is 0 Å². The summed E-state index contributed by atoms with van der Waals surface area (Å²) in [7, 11) is -0.934. The summed E-state index contributed by atoms with van der Waals surface area (Å²) in [6.07, 6.45) is 5.37. The normalized spacial score (nSPS) is 29.9. The minimum atomic E-state index is -0.934. The molecule has 0 aromatic rings. The number of hydrogen-bond acceptors (Lipinski definition) is 1. The summed E-state index contributed by atoms with van der Waals surface area (Å²) in [5.74, 6) is 0. The molecule has 0 aliphatic carbocycles. The fraction of sp³-hybridized carbons (Fsp3) is 0. The van der Waals surface area contributed by atoms with Crippen molar-refractivity contribution in [2.75, 3.05) is 0 Å². The van der Waals surface area contributed by atoms with E-state index >= 15 is 0 Å². The first-order chi connectivity index (χ1) is 4.29. The fourth-order valence-corrected chi connectivity index (χ4v) is 2.43. The van der Waals surface area contributed by atoms with Crippen molar-refractivity contribution >= 4 is 22.4 Å². The summed E-state index contributed by atoms with van der Waals surface area (Å²) < 4.78 is 11.0. The predicted molar refractivity (Wildman–Crippen MR) is 38.2 cm³/mol. The Hall–Kier alpha value is -0.340. The van der Waals surface area contributed by atoms with Crippen molar-refractivity contribution in [2.24, 2.45) is 0 Å². The molecular weight excluding hydrogens is 156 g/mol. The van der Waals surface area contributed by atoms with Gasteiger partial charge < -0.3 is 0 Å². The number of rotatable bonds is 0. The highest BCUT2D eigenvalue weighted by Crippen LogP contribution is 2.35. The largest absolute Gasteiger partial charge is 0.249 e. The van der Waals surface area contributed by atoms with Crippen LogP contribution >= 0.6 is 11.6 Å². The minimum absolute atomic E-state index is 0.630. The van der Waals surface area contributed by atoms with Crippen molar-refractivity contribution in [3.05, 3.63) is 33.1 Å². The van der Waals surface area contributed by atoms with Crippen LogP contribution in [0.25, 0.3) is 0 Å². The van der Waals surface area contributed by atoms with Crippen LogP contribution in [0.2, 0.25) is 0 Å². The van der Waals surface area contributed by atoms with Gasteiger partial charge in [0, 0.05) is 4.91 Å². The first-order valence-corrected chi connectivity index (χ1v) is 4.03. The molecular formula is C6H3ClOS. The van der Waals surface area contributed by atoms with Gasteiger partial charge in [0.2, 0.25) is 0 Å². The number of hydrogen-bond donors (Lipinski definition) is 0. The SMILES string of the molecule is O=S1C2=CC(Cl)=C1C=C2. The molecule has 1 atom stereocenters. The Morgan fingerprint density at radius 3 is 2.44 bits per heavy atom. The van der Waals surface area contributed by atoms with Gasteiger partial charge in [-0.15, -0.1) is 0 Å². The second-order valence-electron chi connectivity index (χ2n) is 1.86. The number of allylic oxidation sites excluding steroid dienone is 4. The van der Waals surface area contributed by atoms with Crippen LogP contribution in [-0.4, -0.2) is 4.21 Å². The van der Waals surface area contributed by atoms with Crippen molar-refractivity contribution in [3.8, 4) is 0 Å². The molecule has 0 aromatic carbocycles. The standard InChI is InChI=1S/C6H3ClOS/c7-5-3-4-1-2-6(5)9(4)8/h1-3H. The highest BCUT2D eigenvalue weighted by atomic mass is 35.5. The molecule has 46 valence electrons. The Morgan fingerprint density at radius 1 is 1.44 bits per heavy atom. The lowest BCUT2D eigenvalue weighted by Gasteiger charge is -1.84. The van der Waals surface area contributed by atoms with Gasteiger partial charge in [-0.2, -0.15) is 0 Å². The second-order valence-corrected chi connectivity index (χ2v) is 3.72. The summed E-state index contributed by atoms with van der Waals surface area (Å²) in [6, 6.07) is 0. The summed E-state index contributed by atoms with van der Waals surface area (Å²) in [5.41, 5.74) is 0. The van der Waals surface area contributed by atoms with E-state index < -0.39 is 10.8 Å². The van der Waals surface area contributed by atoms with Crippen LogP contribution in [0.3, 0.4) is 0 Å². The molecule has 0 aromatic heterocycles. The predicted octanol–water partition coefficient (Wildman–Crippen LogP) is 1.65. The fourth-order valence-electron chi connectivity index (χ4n) is 0.874. The average Bonchev–Trinajstić information content (AvgIpc) is 2.25. The zero-order valence-electron chi connectivity index (χ0n) is 4.43. The number of fused-ring (bicyclic) bond motifs is 2.